The average molecular weight is 626 g/mol. The molecule has 0 amide bonds. The summed E-state index contributed by atoms with van der Waals surface area (Å²) in [6.07, 6.45) is 8.72. The molecule has 3 aromatic rings. The van der Waals surface area contributed by atoms with Crippen molar-refractivity contribution in [3.63, 3.8) is 0 Å². The number of thioether (sulfide) groups is 1. The molecule has 9 heteroatoms. The Labute approximate surface area is 218 Å². The monoisotopic (exact) mass is 624 g/mol. The van der Waals surface area contributed by atoms with Crippen molar-refractivity contribution < 1.29 is 24.7 Å². The first kappa shape index (κ1) is 29.0. The van der Waals surface area contributed by atoms with Gasteiger partial charge in [-0.2, -0.15) is 0 Å². The predicted octanol–water partition coefficient (Wildman–Crippen LogP) is 9.18. The molecule has 0 radical (unpaired) electrons. The summed E-state index contributed by atoms with van der Waals surface area (Å²) in [5, 5.41) is -0.390. The van der Waals surface area contributed by atoms with Crippen molar-refractivity contribution in [3.8, 4) is 0 Å². The van der Waals surface area contributed by atoms with Gasteiger partial charge in [0.15, 0.2) is 0 Å². The zero-order chi connectivity index (χ0) is 24.2. The van der Waals surface area contributed by atoms with Crippen LogP contribution >= 0.6 is 38.7 Å². The Morgan fingerprint density at radius 3 is 2.06 bits per heavy atom. The van der Waals surface area contributed by atoms with Crippen LogP contribution in [0.2, 0.25) is 0 Å². The van der Waals surface area contributed by atoms with Gasteiger partial charge in [-0.25, -0.2) is 13.8 Å². The molecule has 2 nitrogen and oxygen atoms in total. The molecule has 0 saturated carbocycles. The number of benzene rings is 2. The molecule has 186 valence electrons. The maximum atomic E-state index is 14.0. The SMILES string of the molecule is CCCP(CCC)CCC.Fc1cccc(F)c1C1SCc2nc3ccccc3n21.[Cl][Pd][Cl]. The van der Waals surface area contributed by atoms with Crippen molar-refractivity contribution in [2.75, 3.05) is 18.5 Å². The minimum atomic E-state index is -0.506. The Morgan fingerprint density at radius 2 is 1.52 bits per heavy atom. The number of fused-ring (bicyclic) bond motifs is 3. The van der Waals surface area contributed by atoms with Gasteiger partial charge in [0.05, 0.1) is 22.3 Å². The van der Waals surface area contributed by atoms with Gasteiger partial charge in [-0.05, 0) is 42.8 Å². The Kier molecular flexibility index (Phi) is 13.8. The van der Waals surface area contributed by atoms with E-state index in [4.69, 9.17) is 19.1 Å². The van der Waals surface area contributed by atoms with Crippen LogP contribution in [0.3, 0.4) is 0 Å². The number of hydrogen-bond acceptors (Lipinski definition) is 2. The Bertz CT molecular complexity index is 958. The van der Waals surface area contributed by atoms with Crippen LogP contribution in [-0.4, -0.2) is 28.0 Å². The van der Waals surface area contributed by atoms with Crippen LogP contribution in [0.1, 0.15) is 56.8 Å². The van der Waals surface area contributed by atoms with Gasteiger partial charge in [0, 0.05) is 0 Å². The molecule has 0 aliphatic carbocycles. The molecule has 0 saturated heterocycles. The molecular weight excluding hydrogens is 595 g/mol. The number of imidazole rings is 1. The fourth-order valence-electron chi connectivity index (χ4n) is 3.93. The van der Waals surface area contributed by atoms with E-state index in [0.717, 1.165) is 16.9 Å². The number of para-hydroxylation sites is 2. The van der Waals surface area contributed by atoms with Crippen LogP contribution in [0.5, 0.6) is 0 Å². The van der Waals surface area contributed by atoms with Crippen LogP contribution < -0.4 is 0 Å². The van der Waals surface area contributed by atoms with Crippen molar-refractivity contribution in [1.29, 1.82) is 0 Å². The topological polar surface area (TPSA) is 17.8 Å². The van der Waals surface area contributed by atoms with Crippen LogP contribution in [-0.2, 0) is 21.7 Å². The average Bonchev–Trinajstić information content (AvgIpc) is 3.35. The van der Waals surface area contributed by atoms with E-state index in [9.17, 15) is 8.78 Å². The predicted molar refractivity (Wildman–Crippen MR) is 140 cm³/mol. The van der Waals surface area contributed by atoms with E-state index in [1.54, 1.807) is 0 Å². The number of halogens is 4. The van der Waals surface area contributed by atoms with E-state index in [0.29, 0.717) is 13.7 Å². The normalized spacial score (nSPS) is 14.6. The molecule has 0 N–H and O–H groups in total. The van der Waals surface area contributed by atoms with E-state index in [-0.39, 0.29) is 21.5 Å². The molecule has 4 rings (SSSR count). The number of nitrogens with zero attached hydrogens (tertiary/aromatic N) is 2. The first-order valence-electron chi connectivity index (χ1n) is 11.1. The standard InChI is InChI=1S/C15H10F2N2S.C9H21P.2ClH.Pd/c16-9-4-3-5-10(17)14(9)15-19-12-7-2-1-6-11(12)18-13(19)8-20-15;1-4-7-10(8-5-2)9-6-3;;;/h1-7,15H,8H2;4-9H2,1-3H3;2*1H;/q;;;;+2/p-2. The van der Waals surface area contributed by atoms with Crippen molar-refractivity contribution in [2.45, 2.75) is 51.2 Å². The summed E-state index contributed by atoms with van der Waals surface area (Å²) in [6.45, 7) is 6.92. The molecule has 1 unspecified atom stereocenters. The van der Waals surface area contributed by atoms with Gasteiger partial charge in [-0.15, -0.1) is 19.7 Å². The third kappa shape index (κ3) is 8.16. The minimum absolute atomic E-state index is 0.106. The van der Waals surface area contributed by atoms with Gasteiger partial charge >= 0.3 is 35.0 Å². The van der Waals surface area contributed by atoms with Crippen molar-refractivity contribution in [3.05, 3.63) is 65.5 Å². The van der Waals surface area contributed by atoms with Crippen LogP contribution in [0.25, 0.3) is 11.0 Å². The number of aromatic nitrogens is 2. The van der Waals surface area contributed by atoms with Gasteiger partial charge in [0.2, 0.25) is 0 Å². The van der Waals surface area contributed by atoms with Gasteiger partial charge in [0.1, 0.15) is 22.8 Å². The first-order chi connectivity index (χ1) is 16.0. The van der Waals surface area contributed by atoms with Crippen molar-refractivity contribution in [2.24, 2.45) is 0 Å². The Hall–Kier alpha value is -0.208. The summed E-state index contributed by atoms with van der Waals surface area (Å²) in [5.74, 6) is 0.512. The molecule has 2 heterocycles. The second-order valence-corrected chi connectivity index (χ2v) is 13.7. The molecule has 1 atom stereocenters. The molecule has 0 bridgehead atoms. The number of rotatable bonds is 7. The zero-order valence-corrected chi connectivity index (χ0v) is 23.9. The Balaban J connectivity index is 0.000000252. The van der Waals surface area contributed by atoms with E-state index >= 15 is 0 Å². The molecule has 1 aliphatic rings. The quantitative estimate of drug-likeness (QED) is 0.193. The van der Waals surface area contributed by atoms with Gasteiger partial charge in [-0.3, -0.25) is 0 Å². The van der Waals surface area contributed by atoms with Crippen LogP contribution in [0.15, 0.2) is 42.5 Å². The number of hydrogen-bond donors (Lipinski definition) is 0. The van der Waals surface area contributed by atoms with Crippen molar-refractivity contribution in [1.82, 2.24) is 9.55 Å². The van der Waals surface area contributed by atoms with E-state index in [2.05, 4.69) is 25.8 Å². The molecule has 33 heavy (non-hydrogen) atoms. The third-order valence-electron chi connectivity index (χ3n) is 5.14. The van der Waals surface area contributed by atoms with Crippen LogP contribution in [0, 0.1) is 11.6 Å². The van der Waals surface area contributed by atoms with Crippen LogP contribution in [0.4, 0.5) is 8.78 Å². The maximum absolute atomic E-state index is 14.0. The first-order valence-corrected chi connectivity index (χ1v) is 18.0. The molecule has 1 aliphatic heterocycles. The second kappa shape index (κ2) is 15.7. The van der Waals surface area contributed by atoms with Crippen molar-refractivity contribution >= 4 is 49.8 Å². The van der Waals surface area contributed by atoms with E-state index < -0.39 is 17.0 Å². The summed E-state index contributed by atoms with van der Waals surface area (Å²) in [4.78, 5) is 4.53. The summed E-state index contributed by atoms with van der Waals surface area (Å²) in [7, 11) is 10.1. The van der Waals surface area contributed by atoms with E-state index in [1.165, 1.54) is 67.7 Å². The summed E-state index contributed by atoms with van der Waals surface area (Å²) < 4.78 is 30.0. The molecule has 2 aromatic carbocycles. The zero-order valence-electron chi connectivity index (χ0n) is 19.1. The second-order valence-electron chi connectivity index (χ2n) is 7.57. The molecule has 0 fully saturated rings. The van der Waals surface area contributed by atoms with Gasteiger partial charge < -0.3 is 4.57 Å². The molecule has 1 aromatic heterocycles. The van der Waals surface area contributed by atoms with Gasteiger partial charge in [-0.1, -0.05) is 58.2 Å². The van der Waals surface area contributed by atoms with Gasteiger partial charge in [0.25, 0.3) is 0 Å². The summed E-state index contributed by atoms with van der Waals surface area (Å²) >= 11 is 1.39. The molecule has 0 spiro atoms. The summed E-state index contributed by atoms with van der Waals surface area (Å²) in [6, 6.07) is 11.7. The summed E-state index contributed by atoms with van der Waals surface area (Å²) in [5.41, 5.74) is 1.89. The van der Waals surface area contributed by atoms with E-state index in [1.807, 2.05) is 28.8 Å². The third-order valence-corrected chi connectivity index (χ3v) is 9.57. The fraction of sp³-hybridized carbons (Fsp3) is 0.458. The Morgan fingerprint density at radius 1 is 0.970 bits per heavy atom. The fourth-order valence-corrected chi connectivity index (χ4v) is 7.78. The molecular formula is C24H31Cl2F2N2PPdS.